The second-order valence-electron chi connectivity index (χ2n) is 15.9. The van der Waals surface area contributed by atoms with Crippen LogP contribution in [-0.2, 0) is 24.0 Å². The molecule has 0 bridgehead atoms. The second kappa shape index (κ2) is 16.7. The van der Waals surface area contributed by atoms with Crippen LogP contribution < -0.4 is 32.3 Å². The third kappa shape index (κ3) is 7.09. The minimum Gasteiger partial charge on any atom is -0.508 e. The molecule has 4 aromatic rings. The van der Waals surface area contributed by atoms with Crippen molar-refractivity contribution in [2.24, 2.45) is 17.6 Å². The van der Waals surface area contributed by atoms with Crippen LogP contribution in [0.25, 0.3) is 5.76 Å². The minimum absolute atomic E-state index is 0.133. The smallest absolute Gasteiger partial charge is 0.255 e. The van der Waals surface area contributed by atoms with Crippen LogP contribution in [0.3, 0.4) is 0 Å². The van der Waals surface area contributed by atoms with Crippen molar-refractivity contribution >= 4 is 63.9 Å². The third-order valence-electron chi connectivity index (χ3n) is 12.3. The number of rotatable bonds is 12. The van der Waals surface area contributed by atoms with Gasteiger partial charge in [-0.2, -0.15) is 0 Å². The van der Waals surface area contributed by atoms with Gasteiger partial charge in [-0.25, -0.2) is 0 Å². The van der Waals surface area contributed by atoms with Gasteiger partial charge >= 0.3 is 0 Å². The van der Waals surface area contributed by atoms with Gasteiger partial charge < -0.3 is 41.9 Å². The summed E-state index contributed by atoms with van der Waals surface area (Å²) in [5.41, 5.74) is 0.589. The number of likely N-dealkylation sites (N-methyl/N-ethyl adjacent to an activating group) is 1. The van der Waals surface area contributed by atoms with Crippen molar-refractivity contribution < 1.29 is 49.5 Å². The lowest BCUT2D eigenvalue weighted by molar-refractivity contribution is -0.169. The highest BCUT2D eigenvalue weighted by Crippen LogP contribution is 2.58. The molecule has 9 N–H and O–H groups in total. The lowest BCUT2D eigenvalue weighted by Crippen LogP contribution is -2.70. The second-order valence-corrected chi connectivity index (χ2v) is 19.6. The number of carbonyl (C=O) groups excluding carboxylic acids is 5. The van der Waals surface area contributed by atoms with Gasteiger partial charge in [-0.3, -0.25) is 28.9 Å². The van der Waals surface area contributed by atoms with Crippen LogP contribution in [0.5, 0.6) is 5.75 Å². The molecule has 6 atom stereocenters. The first-order valence-corrected chi connectivity index (χ1v) is 21.8. The molecule has 14 nitrogen and oxygen atoms in total. The molecule has 15 heteroatoms. The van der Waals surface area contributed by atoms with Crippen LogP contribution in [0.1, 0.15) is 36.8 Å². The van der Waals surface area contributed by atoms with Crippen molar-refractivity contribution in [3.8, 4) is 5.75 Å². The SMILES string of the molecule is C[C@H]1c2ccc(NC(=O)CNC(=O)CCC[P+](c3ccccc3)(c3ccccc3)c3ccccc3)c(O)c2C(O)=C2C(=O)[C@]3(O)C(O)=C(C(N)=O)C(=O)[C@@H](N(C)C)[C@@H]3[C@@H](O)[C@@H]21. The van der Waals surface area contributed by atoms with E-state index in [4.69, 9.17) is 5.73 Å². The van der Waals surface area contributed by atoms with Crippen molar-refractivity contribution in [2.75, 3.05) is 32.1 Å². The standard InChI is InChI=1S/C46H47N4O10P/c1-25-29-21-22-30(39(53)34(29)40(54)35-33(25)41(55)37-38(50(2)3)42(56)36(45(47)59)44(58)46(37,60)43(35)57)49-32(52)24-48-31(51)20-13-23-61(26-14-7-4-8-15-26,27-16-9-5-10-17-27)28-18-11-6-12-19-28/h4-12,14-19,21-22,25,33,37-38,41,55,60H,13,20,23-24H2,1-3H3,(H6-,47,48,49,51,52,53,54,56,57,58,59)/p+1/t25-,33+,37+,38-,41-,46-/m0/s1. The average Bonchev–Trinajstić information content (AvgIpc) is 3.24. The first-order chi connectivity index (χ1) is 29.1. The van der Waals surface area contributed by atoms with Gasteiger partial charge in [-0.1, -0.05) is 67.6 Å². The summed E-state index contributed by atoms with van der Waals surface area (Å²) in [6.07, 6.45) is -0.394. The van der Waals surface area contributed by atoms with Gasteiger partial charge in [0.05, 0.1) is 42.0 Å². The highest BCUT2D eigenvalue weighted by molar-refractivity contribution is 7.95. The van der Waals surface area contributed by atoms with E-state index in [0.29, 0.717) is 12.6 Å². The Balaban J connectivity index is 1.09. The van der Waals surface area contributed by atoms with Gasteiger partial charge in [0.2, 0.25) is 17.6 Å². The van der Waals surface area contributed by atoms with Crippen LogP contribution in [0.4, 0.5) is 5.69 Å². The number of phenolic OH excluding ortho intramolecular Hbond substituents is 1. The van der Waals surface area contributed by atoms with Crippen LogP contribution in [0, 0.1) is 11.8 Å². The van der Waals surface area contributed by atoms with Gasteiger partial charge in [-0.05, 0) is 74.5 Å². The van der Waals surface area contributed by atoms with E-state index in [1.54, 1.807) is 6.92 Å². The highest BCUT2D eigenvalue weighted by atomic mass is 31.2. The predicted octanol–water partition coefficient (Wildman–Crippen LogP) is 2.32. The number of anilines is 1. The van der Waals surface area contributed by atoms with E-state index in [1.807, 2.05) is 54.6 Å². The Labute approximate surface area is 352 Å². The molecule has 0 aromatic heterocycles. The van der Waals surface area contributed by atoms with E-state index in [2.05, 4.69) is 47.0 Å². The molecule has 3 aliphatic carbocycles. The van der Waals surface area contributed by atoms with Crippen LogP contribution in [0.2, 0.25) is 0 Å². The normalized spacial score (nSPS) is 23.5. The van der Waals surface area contributed by atoms with Crippen molar-refractivity contribution in [1.29, 1.82) is 0 Å². The number of aromatic hydroxyl groups is 1. The zero-order chi connectivity index (χ0) is 44.0. The Kier molecular flexibility index (Phi) is 11.8. The number of benzene rings is 4. The number of aliphatic hydroxyl groups is 4. The number of hydrogen-bond acceptors (Lipinski definition) is 11. The van der Waals surface area contributed by atoms with E-state index < -0.39 is 101 Å². The van der Waals surface area contributed by atoms with Crippen molar-refractivity contribution in [3.63, 3.8) is 0 Å². The number of ketones is 2. The summed E-state index contributed by atoms with van der Waals surface area (Å²) in [5.74, 6) is -11.3. The average molecular weight is 848 g/mol. The maximum atomic E-state index is 14.3. The lowest BCUT2D eigenvalue weighted by atomic mass is 9.54. The fourth-order valence-electron chi connectivity index (χ4n) is 9.54. The number of carbonyl (C=O) groups is 5. The molecule has 3 aliphatic rings. The predicted molar refractivity (Wildman–Crippen MR) is 231 cm³/mol. The summed E-state index contributed by atoms with van der Waals surface area (Å²) in [6.45, 7) is 1.16. The van der Waals surface area contributed by atoms with E-state index in [9.17, 15) is 49.5 Å². The summed E-state index contributed by atoms with van der Waals surface area (Å²) >= 11 is 0. The summed E-state index contributed by atoms with van der Waals surface area (Å²) in [7, 11) is 0.686. The van der Waals surface area contributed by atoms with Crippen molar-refractivity contribution in [2.45, 2.75) is 43.4 Å². The monoisotopic (exact) mass is 847 g/mol. The Morgan fingerprint density at radius 1 is 0.820 bits per heavy atom. The molecular formula is C46H48N4O10P+. The minimum atomic E-state index is -3.06. The summed E-state index contributed by atoms with van der Waals surface area (Å²) in [5, 5.41) is 66.8. The van der Waals surface area contributed by atoms with Gasteiger partial charge in [0, 0.05) is 17.9 Å². The number of nitrogens with two attached hydrogens (primary N) is 1. The molecule has 0 aliphatic heterocycles. The van der Waals surface area contributed by atoms with Gasteiger partial charge in [-0.15, -0.1) is 0 Å². The summed E-state index contributed by atoms with van der Waals surface area (Å²) in [6, 6.07) is 32.2. The molecule has 0 saturated heterocycles. The molecule has 7 rings (SSSR count). The molecule has 0 radical (unpaired) electrons. The number of nitrogens with zero attached hydrogens (tertiary/aromatic N) is 1. The van der Waals surface area contributed by atoms with E-state index in [1.165, 1.54) is 47.0 Å². The van der Waals surface area contributed by atoms with E-state index in [-0.39, 0.29) is 29.1 Å². The Bertz CT molecular complexity index is 2380. The number of amides is 3. The molecule has 1 saturated carbocycles. The Morgan fingerprint density at radius 2 is 1.36 bits per heavy atom. The molecule has 61 heavy (non-hydrogen) atoms. The number of nitrogens with one attached hydrogen (secondary N) is 2. The van der Waals surface area contributed by atoms with Crippen LogP contribution >= 0.6 is 7.26 Å². The molecule has 316 valence electrons. The molecule has 0 unspecified atom stereocenters. The summed E-state index contributed by atoms with van der Waals surface area (Å²) in [4.78, 5) is 67.7. The zero-order valence-electron chi connectivity index (χ0n) is 33.8. The molecule has 3 amide bonds. The largest absolute Gasteiger partial charge is 0.508 e. The van der Waals surface area contributed by atoms with Crippen molar-refractivity contribution in [3.05, 3.63) is 131 Å². The summed E-state index contributed by atoms with van der Waals surface area (Å²) < 4.78 is 0. The Hall–Kier alpha value is -6.18. The fourth-order valence-corrected chi connectivity index (χ4v) is 13.9. The van der Waals surface area contributed by atoms with E-state index >= 15 is 0 Å². The van der Waals surface area contributed by atoms with Gasteiger partial charge in [0.1, 0.15) is 46.0 Å². The van der Waals surface area contributed by atoms with Crippen LogP contribution in [0.15, 0.2) is 120 Å². The van der Waals surface area contributed by atoms with Crippen molar-refractivity contribution in [1.82, 2.24) is 10.2 Å². The van der Waals surface area contributed by atoms with E-state index in [0.717, 1.165) is 0 Å². The van der Waals surface area contributed by atoms with Gasteiger partial charge in [0.15, 0.2) is 11.4 Å². The third-order valence-corrected chi connectivity index (χ3v) is 16.9. The Morgan fingerprint density at radius 3 is 1.87 bits per heavy atom. The quantitative estimate of drug-likeness (QED) is 0.0585. The first kappa shape index (κ1) is 42.9. The molecule has 1 fully saturated rings. The number of phenols is 1. The number of aliphatic hydroxyl groups excluding tert-OH is 3. The molecule has 0 heterocycles. The topological polar surface area (TPSA) is 240 Å². The molecule has 4 aromatic carbocycles. The molecular weight excluding hydrogens is 799 g/mol. The maximum Gasteiger partial charge on any atom is 0.255 e. The first-order valence-electron chi connectivity index (χ1n) is 19.9. The molecule has 0 spiro atoms. The zero-order valence-corrected chi connectivity index (χ0v) is 34.7. The fraction of sp³-hybridized carbons (Fsp3) is 0.283. The van der Waals surface area contributed by atoms with Crippen LogP contribution in [-0.4, -0.2) is 104 Å². The number of Topliss-reactive ketones (excluding diaryl/α,β-unsaturated/α-hetero) is 2. The highest BCUT2D eigenvalue weighted by Gasteiger charge is 2.68. The number of primary amides is 1. The van der Waals surface area contributed by atoms with Gasteiger partial charge in [0.25, 0.3) is 5.91 Å². The number of fused-ring (bicyclic) bond motifs is 3. The maximum absolute atomic E-state index is 14.3. The lowest BCUT2D eigenvalue weighted by Gasteiger charge is -2.53. The number of hydrogen-bond donors (Lipinski definition) is 8.